The number of nitrogens with two attached hydrogens (primary N) is 1. The van der Waals surface area contributed by atoms with Gasteiger partial charge in [0.05, 0.1) is 23.9 Å². The molecule has 164 valence electrons. The van der Waals surface area contributed by atoms with E-state index < -0.39 is 5.97 Å². The van der Waals surface area contributed by atoms with Crippen LogP contribution in [0.4, 0.5) is 11.9 Å². The van der Waals surface area contributed by atoms with Gasteiger partial charge < -0.3 is 29.4 Å². The van der Waals surface area contributed by atoms with Gasteiger partial charge >= 0.3 is 5.97 Å². The first-order valence-electron chi connectivity index (χ1n) is 9.36. The van der Waals surface area contributed by atoms with Crippen LogP contribution < -0.4 is 20.1 Å². The SMILES string of the molecule is COc1cc(C(=O)OCc2nc(N)nc(N(C)C)n2)ccc1OCc1c(C)noc1C. The van der Waals surface area contributed by atoms with Crippen molar-refractivity contribution in [3.05, 3.63) is 46.6 Å². The summed E-state index contributed by atoms with van der Waals surface area (Å²) in [5.74, 6) is 1.65. The van der Waals surface area contributed by atoms with Crippen molar-refractivity contribution in [3.8, 4) is 11.5 Å². The summed E-state index contributed by atoms with van der Waals surface area (Å²) in [6, 6.07) is 4.76. The van der Waals surface area contributed by atoms with E-state index in [1.807, 2.05) is 13.8 Å². The minimum Gasteiger partial charge on any atom is -0.493 e. The van der Waals surface area contributed by atoms with E-state index in [9.17, 15) is 4.79 Å². The number of carbonyl (C=O) groups excluding carboxylic acids is 1. The topological polar surface area (TPSA) is 139 Å². The highest BCUT2D eigenvalue weighted by molar-refractivity contribution is 5.90. The van der Waals surface area contributed by atoms with Crippen LogP contribution in [0.15, 0.2) is 22.7 Å². The number of methoxy groups -OCH3 is 1. The highest BCUT2D eigenvalue weighted by atomic mass is 16.5. The quantitative estimate of drug-likeness (QED) is 0.527. The van der Waals surface area contributed by atoms with Crippen molar-refractivity contribution in [1.29, 1.82) is 0 Å². The molecule has 3 aromatic rings. The Kier molecular flexibility index (Phi) is 6.53. The molecule has 0 aliphatic carbocycles. The smallest absolute Gasteiger partial charge is 0.338 e. The summed E-state index contributed by atoms with van der Waals surface area (Å²) in [6.07, 6.45) is 0. The fourth-order valence-corrected chi connectivity index (χ4v) is 2.67. The van der Waals surface area contributed by atoms with Crippen LogP contribution in [0.1, 0.15) is 33.2 Å². The number of benzene rings is 1. The molecule has 0 spiro atoms. The summed E-state index contributed by atoms with van der Waals surface area (Å²) in [4.78, 5) is 26.3. The van der Waals surface area contributed by atoms with E-state index in [1.54, 1.807) is 31.1 Å². The minimum absolute atomic E-state index is 0.0474. The zero-order valence-corrected chi connectivity index (χ0v) is 18.0. The Labute approximate surface area is 179 Å². The molecule has 2 heterocycles. The molecule has 3 rings (SSSR count). The van der Waals surface area contributed by atoms with E-state index in [1.165, 1.54) is 13.2 Å². The molecule has 0 amide bonds. The number of ether oxygens (including phenoxy) is 3. The van der Waals surface area contributed by atoms with E-state index in [0.717, 1.165) is 11.3 Å². The Hall–Kier alpha value is -3.89. The number of hydrogen-bond donors (Lipinski definition) is 1. The average Bonchev–Trinajstić information content (AvgIpc) is 3.07. The van der Waals surface area contributed by atoms with Crippen LogP contribution in [0, 0.1) is 13.8 Å². The highest BCUT2D eigenvalue weighted by Gasteiger charge is 2.16. The third kappa shape index (κ3) is 5.18. The van der Waals surface area contributed by atoms with Gasteiger partial charge in [0, 0.05) is 14.1 Å². The lowest BCUT2D eigenvalue weighted by Gasteiger charge is -2.13. The normalized spacial score (nSPS) is 10.6. The molecule has 2 aromatic heterocycles. The molecule has 0 saturated heterocycles. The second kappa shape index (κ2) is 9.28. The van der Waals surface area contributed by atoms with Gasteiger partial charge in [-0.25, -0.2) is 4.79 Å². The van der Waals surface area contributed by atoms with Crippen LogP contribution in [-0.4, -0.2) is 47.3 Å². The van der Waals surface area contributed by atoms with Gasteiger partial charge in [0.15, 0.2) is 23.9 Å². The lowest BCUT2D eigenvalue weighted by Crippen LogP contribution is -2.17. The van der Waals surface area contributed by atoms with Crippen LogP contribution in [-0.2, 0) is 18.0 Å². The second-order valence-corrected chi connectivity index (χ2v) is 6.84. The lowest BCUT2D eigenvalue weighted by molar-refractivity contribution is 0.0461. The van der Waals surface area contributed by atoms with Crippen molar-refractivity contribution >= 4 is 17.9 Å². The third-order valence-electron chi connectivity index (χ3n) is 4.37. The molecule has 0 bridgehead atoms. The van der Waals surface area contributed by atoms with E-state index in [0.29, 0.717) is 23.2 Å². The van der Waals surface area contributed by atoms with Crippen LogP contribution >= 0.6 is 0 Å². The number of nitrogen functional groups attached to an aromatic ring is 1. The van der Waals surface area contributed by atoms with E-state index in [2.05, 4.69) is 20.1 Å². The molecule has 0 aliphatic rings. The number of aromatic nitrogens is 4. The summed E-state index contributed by atoms with van der Waals surface area (Å²) in [7, 11) is 5.03. The Morgan fingerprint density at radius 1 is 1.13 bits per heavy atom. The molecule has 0 fully saturated rings. The molecule has 11 nitrogen and oxygen atoms in total. The average molecular weight is 428 g/mol. The number of anilines is 2. The van der Waals surface area contributed by atoms with Gasteiger partial charge in [-0.2, -0.15) is 15.0 Å². The molecule has 0 saturated carbocycles. The number of rotatable bonds is 8. The van der Waals surface area contributed by atoms with Crippen molar-refractivity contribution < 1.29 is 23.5 Å². The van der Waals surface area contributed by atoms with Crippen molar-refractivity contribution in [3.63, 3.8) is 0 Å². The molecule has 1 aromatic carbocycles. The van der Waals surface area contributed by atoms with E-state index in [4.69, 9.17) is 24.5 Å². The maximum atomic E-state index is 12.5. The summed E-state index contributed by atoms with van der Waals surface area (Å²) in [6.45, 7) is 3.76. The molecule has 0 atom stereocenters. The molecule has 11 heteroatoms. The van der Waals surface area contributed by atoms with Crippen LogP contribution in [0.5, 0.6) is 11.5 Å². The molecule has 0 radical (unpaired) electrons. The Morgan fingerprint density at radius 2 is 1.90 bits per heavy atom. The van der Waals surface area contributed by atoms with Gasteiger partial charge in [-0.3, -0.25) is 0 Å². The van der Waals surface area contributed by atoms with Crippen molar-refractivity contribution in [2.45, 2.75) is 27.1 Å². The standard InChI is InChI=1S/C20H24N6O5/c1-11-14(12(2)31-25-11)9-29-15-7-6-13(8-16(15)28-5)18(27)30-10-17-22-19(21)24-20(23-17)26(3)4/h6-8H,9-10H2,1-5H3,(H2,21,22,23,24). The number of nitrogens with zero attached hydrogens (tertiary/aromatic N) is 5. The van der Waals surface area contributed by atoms with Crippen molar-refractivity contribution in [2.24, 2.45) is 0 Å². The first-order valence-corrected chi connectivity index (χ1v) is 9.36. The zero-order chi connectivity index (χ0) is 22.5. The van der Waals surface area contributed by atoms with Crippen molar-refractivity contribution in [1.82, 2.24) is 20.1 Å². The molecule has 0 aliphatic heterocycles. The maximum absolute atomic E-state index is 12.5. The monoisotopic (exact) mass is 428 g/mol. The van der Waals surface area contributed by atoms with Crippen LogP contribution in [0.25, 0.3) is 0 Å². The highest BCUT2D eigenvalue weighted by Crippen LogP contribution is 2.30. The van der Waals surface area contributed by atoms with Gasteiger partial charge in [-0.1, -0.05) is 5.16 Å². The first-order chi connectivity index (χ1) is 14.8. The molecular formula is C20H24N6O5. The lowest BCUT2D eigenvalue weighted by atomic mass is 10.2. The van der Waals surface area contributed by atoms with Crippen LogP contribution in [0.3, 0.4) is 0 Å². The first kappa shape index (κ1) is 21.8. The third-order valence-corrected chi connectivity index (χ3v) is 4.37. The van der Waals surface area contributed by atoms with Gasteiger partial charge in [0.1, 0.15) is 12.4 Å². The Morgan fingerprint density at radius 3 is 2.55 bits per heavy atom. The minimum atomic E-state index is -0.569. The zero-order valence-electron chi connectivity index (χ0n) is 18.0. The van der Waals surface area contributed by atoms with Gasteiger partial charge in [0.2, 0.25) is 11.9 Å². The molecular weight excluding hydrogens is 404 g/mol. The maximum Gasteiger partial charge on any atom is 0.338 e. The van der Waals surface area contributed by atoms with E-state index in [-0.39, 0.29) is 30.5 Å². The number of aryl methyl sites for hydroxylation is 2. The molecule has 2 N–H and O–H groups in total. The largest absolute Gasteiger partial charge is 0.493 e. The number of esters is 1. The fraction of sp³-hybridized carbons (Fsp3) is 0.350. The van der Waals surface area contributed by atoms with Crippen LogP contribution in [0.2, 0.25) is 0 Å². The number of hydrogen-bond acceptors (Lipinski definition) is 11. The summed E-state index contributed by atoms with van der Waals surface area (Å²) >= 11 is 0. The molecule has 0 unspecified atom stereocenters. The summed E-state index contributed by atoms with van der Waals surface area (Å²) in [5, 5.41) is 3.90. The summed E-state index contributed by atoms with van der Waals surface area (Å²) in [5.41, 5.74) is 7.59. The van der Waals surface area contributed by atoms with E-state index >= 15 is 0 Å². The Bertz CT molecular complexity index is 1060. The predicted octanol–water partition coefficient (Wildman–Crippen LogP) is 2.07. The van der Waals surface area contributed by atoms with Gasteiger partial charge in [-0.15, -0.1) is 0 Å². The van der Waals surface area contributed by atoms with Crippen molar-refractivity contribution in [2.75, 3.05) is 31.8 Å². The predicted molar refractivity (Wildman–Crippen MR) is 111 cm³/mol. The molecule has 31 heavy (non-hydrogen) atoms. The van der Waals surface area contributed by atoms with Gasteiger partial charge in [-0.05, 0) is 32.0 Å². The second-order valence-electron chi connectivity index (χ2n) is 6.84. The number of carbonyl (C=O) groups is 1. The summed E-state index contributed by atoms with van der Waals surface area (Å²) < 4.78 is 21.6. The fourth-order valence-electron chi connectivity index (χ4n) is 2.67. The Balaban J connectivity index is 1.68. The van der Waals surface area contributed by atoms with Gasteiger partial charge in [0.25, 0.3) is 0 Å².